The van der Waals surface area contributed by atoms with Gasteiger partial charge in [-0.05, 0) is 18.6 Å². The average Bonchev–Trinajstić information content (AvgIpc) is 2.19. The van der Waals surface area contributed by atoms with Gasteiger partial charge in [-0.2, -0.15) is 0 Å². The number of aliphatic hydroxyl groups excluding tert-OH is 1. The summed E-state index contributed by atoms with van der Waals surface area (Å²) in [5.74, 6) is -0.137. The molecule has 0 aliphatic rings. The normalized spacial score (nSPS) is 12.1. The van der Waals surface area contributed by atoms with Crippen molar-refractivity contribution in [3.8, 4) is 0 Å². The first-order valence-electron chi connectivity index (χ1n) is 5.25. The highest BCUT2D eigenvalue weighted by Gasteiger charge is 2.09. The number of carbonyl (C=O) groups is 1. The van der Waals surface area contributed by atoms with Crippen LogP contribution < -0.4 is 5.32 Å². The van der Waals surface area contributed by atoms with E-state index >= 15 is 0 Å². The minimum atomic E-state index is -0.529. The van der Waals surface area contributed by atoms with Gasteiger partial charge in [-0.3, -0.25) is 4.79 Å². The number of hydrogen-bond acceptors (Lipinski definition) is 2. The lowest BCUT2D eigenvalue weighted by atomic mass is 10.1. The number of carbonyl (C=O) groups excluding carboxylic acids is 1. The van der Waals surface area contributed by atoms with Crippen LogP contribution in [0.15, 0.2) is 30.3 Å². The smallest absolute Gasteiger partial charge is 0.226 e. The molecule has 0 bridgehead atoms. The molecule has 0 aliphatic heterocycles. The molecule has 15 heavy (non-hydrogen) atoms. The molecular weight excluding hydrogens is 190 g/mol. The van der Waals surface area contributed by atoms with E-state index < -0.39 is 6.10 Å². The number of hydrogen-bond donors (Lipinski definition) is 2. The minimum Gasteiger partial charge on any atom is -0.393 e. The van der Waals surface area contributed by atoms with Crippen molar-refractivity contribution in [3.05, 3.63) is 30.3 Å². The van der Waals surface area contributed by atoms with Gasteiger partial charge in [0.2, 0.25) is 5.91 Å². The third-order valence-electron chi connectivity index (χ3n) is 2.10. The lowest BCUT2D eigenvalue weighted by Crippen LogP contribution is -2.19. The summed E-state index contributed by atoms with van der Waals surface area (Å²) in [5, 5.41) is 12.2. The van der Waals surface area contributed by atoms with Crippen LogP contribution in [0.5, 0.6) is 0 Å². The zero-order valence-electron chi connectivity index (χ0n) is 8.94. The van der Waals surface area contributed by atoms with Gasteiger partial charge in [0, 0.05) is 5.69 Å². The quantitative estimate of drug-likeness (QED) is 0.777. The van der Waals surface area contributed by atoms with Crippen LogP contribution >= 0.6 is 0 Å². The first kappa shape index (κ1) is 11.7. The van der Waals surface area contributed by atoms with E-state index in [9.17, 15) is 9.90 Å². The van der Waals surface area contributed by atoms with Gasteiger partial charge in [0.05, 0.1) is 12.5 Å². The highest BCUT2D eigenvalue weighted by molar-refractivity contribution is 5.90. The molecule has 1 rings (SSSR count). The van der Waals surface area contributed by atoms with Crippen molar-refractivity contribution < 1.29 is 9.90 Å². The van der Waals surface area contributed by atoms with Crippen LogP contribution in [0.2, 0.25) is 0 Å². The molecule has 0 unspecified atom stereocenters. The number of amides is 1. The Morgan fingerprint density at radius 3 is 2.67 bits per heavy atom. The first-order chi connectivity index (χ1) is 7.22. The molecule has 2 N–H and O–H groups in total. The molecule has 3 nitrogen and oxygen atoms in total. The van der Waals surface area contributed by atoms with E-state index in [0.29, 0.717) is 6.42 Å². The molecule has 0 saturated heterocycles. The Morgan fingerprint density at radius 1 is 1.40 bits per heavy atom. The Balaban J connectivity index is 2.36. The van der Waals surface area contributed by atoms with Gasteiger partial charge in [-0.1, -0.05) is 31.5 Å². The molecule has 0 spiro atoms. The summed E-state index contributed by atoms with van der Waals surface area (Å²) < 4.78 is 0. The predicted octanol–water partition coefficient (Wildman–Crippen LogP) is 2.18. The summed E-state index contributed by atoms with van der Waals surface area (Å²) in [7, 11) is 0. The van der Waals surface area contributed by atoms with Crippen LogP contribution in [-0.4, -0.2) is 17.1 Å². The Bertz CT molecular complexity index is 298. The van der Waals surface area contributed by atoms with E-state index in [-0.39, 0.29) is 12.3 Å². The summed E-state index contributed by atoms with van der Waals surface area (Å²) >= 11 is 0. The van der Waals surface area contributed by atoms with E-state index in [1.165, 1.54) is 0 Å². The SMILES string of the molecule is CCC[C@H](O)CC(=O)Nc1ccccc1. The summed E-state index contributed by atoms with van der Waals surface area (Å²) in [6.07, 6.45) is 1.20. The summed E-state index contributed by atoms with van der Waals surface area (Å²) in [6.45, 7) is 1.98. The van der Waals surface area contributed by atoms with Crippen molar-refractivity contribution in [3.63, 3.8) is 0 Å². The van der Waals surface area contributed by atoms with E-state index in [1.54, 1.807) is 0 Å². The number of anilines is 1. The van der Waals surface area contributed by atoms with E-state index in [1.807, 2.05) is 37.3 Å². The monoisotopic (exact) mass is 207 g/mol. The van der Waals surface area contributed by atoms with Crippen LogP contribution in [0.1, 0.15) is 26.2 Å². The molecule has 1 amide bonds. The minimum absolute atomic E-state index is 0.137. The lowest BCUT2D eigenvalue weighted by Gasteiger charge is -2.09. The maximum Gasteiger partial charge on any atom is 0.226 e. The number of nitrogens with one attached hydrogen (secondary N) is 1. The van der Waals surface area contributed by atoms with Crippen molar-refractivity contribution in [2.45, 2.75) is 32.3 Å². The van der Waals surface area contributed by atoms with E-state index in [0.717, 1.165) is 12.1 Å². The highest BCUT2D eigenvalue weighted by Crippen LogP contribution is 2.07. The molecule has 1 aromatic rings. The molecule has 82 valence electrons. The van der Waals surface area contributed by atoms with E-state index in [2.05, 4.69) is 5.32 Å². The Morgan fingerprint density at radius 2 is 2.07 bits per heavy atom. The molecule has 0 saturated carbocycles. The fraction of sp³-hybridized carbons (Fsp3) is 0.417. The predicted molar refractivity (Wildman–Crippen MR) is 60.6 cm³/mol. The van der Waals surface area contributed by atoms with Crippen molar-refractivity contribution in [1.82, 2.24) is 0 Å². The Kier molecular flexibility index (Phi) is 4.84. The molecule has 0 radical (unpaired) electrons. The molecule has 1 atom stereocenters. The van der Waals surface area contributed by atoms with Gasteiger partial charge in [0.1, 0.15) is 0 Å². The maximum absolute atomic E-state index is 11.4. The van der Waals surface area contributed by atoms with Gasteiger partial charge >= 0.3 is 0 Å². The van der Waals surface area contributed by atoms with Gasteiger partial charge in [0.15, 0.2) is 0 Å². The second-order valence-electron chi connectivity index (χ2n) is 3.56. The van der Waals surface area contributed by atoms with Gasteiger partial charge in [-0.25, -0.2) is 0 Å². The number of rotatable bonds is 5. The highest BCUT2D eigenvalue weighted by atomic mass is 16.3. The molecular formula is C12H17NO2. The van der Waals surface area contributed by atoms with Crippen molar-refractivity contribution in [2.24, 2.45) is 0 Å². The second kappa shape index (κ2) is 6.19. The maximum atomic E-state index is 11.4. The van der Waals surface area contributed by atoms with Crippen molar-refractivity contribution in [1.29, 1.82) is 0 Å². The summed E-state index contributed by atoms with van der Waals surface area (Å²) in [6, 6.07) is 9.26. The first-order valence-corrected chi connectivity index (χ1v) is 5.25. The molecule has 0 heterocycles. The fourth-order valence-corrected chi connectivity index (χ4v) is 1.38. The van der Waals surface area contributed by atoms with Crippen LogP contribution in [-0.2, 0) is 4.79 Å². The fourth-order valence-electron chi connectivity index (χ4n) is 1.38. The number of para-hydroxylation sites is 1. The van der Waals surface area contributed by atoms with E-state index in [4.69, 9.17) is 0 Å². The molecule has 0 aliphatic carbocycles. The largest absolute Gasteiger partial charge is 0.393 e. The summed E-state index contributed by atoms with van der Waals surface area (Å²) in [4.78, 5) is 11.4. The third kappa shape index (κ3) is 4.61. The molecule has 0 fully saturated rings. The molecule has 1 aromatic carbocycles. The van der Waals surface area contributed by atoms with Gasteiger partial charge < -0.3 is 10.4 Å². The zero-order valence-corrected chi connectivity index (χ0v) is 8.94. The number of aliphatic hydroxyl groups is 1. The van der Waals surface area contributed by atoms with Gasteiger partial charge in [0.25, 0.3) is 0 Å². The molecule has 0 aromatic heterocycles. The standard InChI is InChI=1S/C12H17NO2/c1-2-6-11(14)9-12(15)13-10-7-4-3-5-8-10/h3-5,7-8,11,14H,2,6,9H2,1H3,(H,13,15)/t11-/m0/s1. The zero-order chi connectivity index (χ0) is 11.1. The van der Waals surface area contributed by atoms with Gasteiger partial charge in [-0.15, -0.1) is 0 Å². The van der Waals surface area contributed by atoms with Crippen LogP contribution in [0.4, 0.5) is 5.69 Å². The average molecular weight is 207 g/mol. The van der Waals surface area contributed by atoms with Crippen molar-refractivity contribution >= 4 is 11.6 Å². The lowest BCUT2D eigenvalue weighted by molar-refractivity contribution is -0.118. The third-order valence-corrected chi connectivity index (χ3v) is 2.10. The second-order valence-corrected chi connectivity index (χ2v) is 3.56. The van der Waals surface area contributed by atoms with Crippen LogP contribution in [0.3, 0.4) is 0 Å². The van der Waals surface area contributed by atoms with Crippen LogP contribution in [0, 0.1) is 0 Å². The summed E-state index contributed by atoms with van der Waals surface area (Å²) in [5.41, 5.74) is 0.770. The topological polar surface area (TPSA) is 49.3 Å². The van der Waals surface area contributed by atoms with Crippen molar-refractivity contribution in [2.75, 3.05) is 5.32 Å². The Hall–Kier alpha value is -1.35. The number of benzene rings is 1. The Labute approximate surface area is 90.1 Å². The van der Waals surface area contributed by atoms with Crippen LogP contribution in [0.25, 0.3) is 0 Å². The molecule has 3 heteroatoms.